The zero-order valence-electron chi connectivity index (χ0n) is 6.45. The summed E-state index contributed by atoms with van der Waals surface area (Å²) in [5.41, 5.74) is 1.72. The molecular formula is C8H5ClN2OS. The van der Waals surface area contributed by atoms with Gasteiger partial charge in [-0.1, -0.05) is 23.8 Å². The predicted octanol–water partition coefficient (Wildman–Crippen LogP) is 3.05. The Morgan fingerprint density at radius 2 is 2.38 bits per heavy atom. The molecule has 0 saturated carbocycles. The van der Waals surface area contributed by atoms with Crippen LogP contribution in [-0.2, 0) is 0 Å². The molecule has 2 heterocycles. The summed E-state index contributed by atoms with van der Waals surface area (Å²) in [7, 11) is 0. The summed E-state index contributed by atoms with van der Waals surface area (Å²) in [6.07, 6.45) is 3.19. The van der Waals surface area contributed by atoms with Crippen LogP contribution in [0.2, 0.25) is 5.15 Å². The first kappa shape index (κ1) is 8.47. The molecule has 2 rings (SSSR count). The lowest BCUT2D eigenvalue weighted by molar-refractivity contribution is 0.568. The van der Waals surface area contributed by atoms with Crippen molar-refractivity contribution in [2.75, 3.05) is 0 Å². The summed E-state index contributed by atoms with van der Waals surface area (Å²) >= 11 is 10.8. The van der Waals surface area contributed by atoms with E-state index in [0.29, 0.717) is 9.79 Å². The Kier molecular flexibility index (Phi) is 2.16. The van der Waals surface area contributed by atoms with E-state index in [9.17, 15) is 0 Å². The number of hydrogen-bond donors (Lipinski definition) is 1. The van der Waals surface area contributed by atoms with Gasteiger partial charge in [0.25, 0.3) is 0 Å². The topological polar surface area (TPSA) is 41.8 Å². The van der Waals surface area contributed by atoms with E-state index in [1.807, 2.05) is 6.07 Å². The minimum absolute atomic E-state index is 0.379. The summed E-state index contributed by atoms with van der Waals surface area (Å²) in [4.78, 5) is 0. The van der Waals surface area contributed by atoms with Crippen molar-refractivity contribution in [1.82, 2.24) is 10.2 Å². The molecule has 0 radical (unpaired) electrons. The van der Waals surface area contributed by atoms with Crippen LogP contribution >= 0.6 is 23.8 Å². The van der Waals surface area contributed by atoms with E-state index in [0.717, 1.165) is 11.1 Å². The summed E-state index contributed by atoms with van der Waals surface area (Å²) < 4.78 is 5.49. The zero-order chi connectivity index (χ0) is 9.26. The Labute approximate surface area is 84.4 Å². The van der Waals surface area contributed by atoms with Crippen molar-refractivity contribution in [3.05, 3.63) is 34.5 Å². The molecule has 2 aromatic heterocycles. The van der Waals surface area contributed by atoms with Gasteiger partial charge in [-0.15, -0.1) is 0 Å². The van der Waals surface area contributed by atoms with Crippen molar-refractivity contribution in [3.8, 4) is 11.1 Å². The minimum Gasteiger partial charge on any atom is -0.472 e. The average molecular weight is 213 g/mol. The number of rotatable bonds is 1. The number of halogens is 1. The molecule has 66 valence electrons. The van der Waals surface area contributed by atoms with E-state index in [1.165, 1.54) is 0 Å². The Bertz CT molecular complexity index is 463. The normalized spacial score (nSPS) is 10.2. The van der Waals surface area contributed by atoms with E-state index in [4.69, 9.17) is 28.2 Å². The highest BCUT2D eigenvalue weighted by atomic mass is 35.5. The minimum atomic E-state index is 0.379. The van der Waals surface area contributed by atoms with Crippen LogP contribution < -0.4 is 0 Å². The van der Waals surface area contributed by atoms with Crippen LogP contribution in [0, 0.1) is 4.64 Å². The van der Waals surface area contributed by atoms with E-state index >= 15 is 0 Å². The first-order valence-corrected chi connectivity index (χ1v) is 4.34. The van der Waals surface area contributed by atoms with Gasteiger partial charge in [-0.3, -0.25) is 5.10 Å². The molecule has 2 aromatic rings. The molecule has 0 aliphatic carbocycles. The van der Waals surface area contributed by atoms with Gasteiger partial charge >= 0.3 is 0 Å². The third-order valence-electron chi connectivity index (χ3n) is 1.60. The smallest absolute Gasteiger partial charge is 0.150 e. The van der Waals surface area contributed by atoms with Crippen molar-refractivity contribution >= 4 is 23.8 Å². The van der Waals surface area contributed by atoms with Crippen LogP contribution in [0.1, 0.15) is 0 Å². The molecule has 0 bridgehead atoms. The maximum Gasteiger partial charge on any atom is 0.150 e. The maximum atomic E-state index is 5.71. The summed E-state index contributed by atoms with van der Waals surface area (Å²) in [6, 6.07) is 3.51. The molecule has 0 fully saturated rings. The van der Waals surface area contributed by atoms with E-state index < -0.39 is 0 Å². The molecule has 0 aliphatic rings. The molecule has 0 amide bonds. The second kappa shape index (κ2) is 3.32. The number of hydrogen-bond acceptors (Lipinski definition) is 3. The number of nitrogens with one attached hydrogen (secondary N) is 1. The largest absolute Gasteiger partial charge is 0.472 e. The maximum absolute atomic E-state index is 5.71. The molecule has 1 N–H and O–H groups in total. The highest BCUT2D eigenvalue weighted by molar-refractivity contribution is 7.71. The number of aromatic amines is 1. The lowest BCUT2D eigenvalue weighted by Crippen LogP contribution is -1.85. The van der Waals surface area contributed by atoms with Crippen molar-refractivity contribution < 1.29 is 4.42 Å². The highest BCUT2D eigenvalue weighted by Crippen LogP contribution is 2.21. The fourth-order valence-electron chi connectivity index (χ4n) is 1.01. The number of furan rings is 1. The number of nitrogens with zero attached hydrogens (tertiary/aromatic N) is 1. The highest BCUT2D eigenvalue weighted by Gasteiger charge is 2.02. The Morgan fingerprint density at radius 1 is 1.54 bits per heavy atom. The van der Waals surface area contributed by atoms with Crippen LogP contribution in [0.5, 0.6) is 0 Å². The van der Waals surface area contributed by atoms with Gasteiger partial charge in [-0.2, -0.15) is 5.10 Å². The molecule has 0 aliphatic heterocycles. The molecule has 3 nitrogen and oxygen atoms in total. The molecule has 0 unspecified atom stereocenters. The first-order valence-electron chi connectivity index (χ1n) is 3.55. The van der Waals surface area contributed by atoms with Crippen LogP contribution in [0.3, 0.4) is 0 Å². The van der Waals surface area contributed by atoms with Crippen molar-refractivity contribution in [3.63, 3.8) is 0 Å². The second-order valence-corrected chi connectivity index (χ2v) is 3.24. The third kappa shape index (κ3) is 1.64. The van der Waals surface area contributed by atoms with Gasteiger partial charge in [-0.25, -0.2) is 0 Å². The van der Waals surface area contributed by atoms with Crippen LogP contribution in [0.25, 0.3) is 11.1 Å². The molecule has 5 heteroatoms. The fraction of sp³-hybridized carbons (Fsp3) is 0. The summed E-state index contributed by atoms with van der Waals surface area (Å²) in [5.74, 6) is 0. The molecule has 0 spiro atoms. The third-order valence-corrected chi connectivity index (χ3v) is 2.11. The van der Waals surface area contributed by atoms with Crippen LogP contribution in [-0.4, -0.2) is 10.2 Å². The first-order chi connectivity index (χ1) is 6.27. The van der Waals surface area contributed by atoms with Gasteiger partial charge in [-0.05, 0) is 12.1 Å². The van der Waals surface area contributed by atoms with E-state index in [1.54, 1.807) is 18.6 Å². The fourth-order valence-corrected chi connectivity index (χ4v) is 1.39. The second-order valence-electron chi connectivity index (χ2n) is 2.45. The molecule has 0 aromatic carbocycles. The van der Waals surface area contributed by atoms with E-state index in [2.05, 4.69) is 10.2 Å². The standard InChI is InChI=1S/C8H5ClN2OS/c9-7-3-6(8(13)11-10-7)5-1-2-12-4-5/h1-4H,(H,11,13). The molecule has 0 saturated heterocycles. The van der Waals surface area contributed by atoms with Crippen molar-refractivity contribution in [2.45, 2.75) is 0 Å². The van der Waals surface area contributed by atoms with Gasteiger partial charge < -0.3 is 4.42 Å². The lowest BCUT2D eigenvalue weighted by Gasteiger charge is -1.96. The molecular weight excluding hydrogens is 208 g/mol. The van der Waals surface area contributed by atoms with Crippen LogP contribution in [0.15, 0.2) is 29.1 Å². The predicted molar refractivity (Wildman–Crippen MR) is 52.1 cm³/mol. The molecule has 0 atom stereocenters. The summed E-state index contributed by atoms with van der Waals surface area (Å²) in [5, 5.41) is 6.78. The Balaban J connectivity index is 2.64. The van der Waals surface area contributed by atoms with Gasteiger partial charge in [0, 0.05) is 11.1 Å². The Hall–Kier alpha value is -1.13. The van der Waals surface area contributed by atoms with Crippen molar-refractivity contribution in [2.24, 2.45) is 0 Å². The number of aromatic nitrogens is 2. The quantitative estimate of drug-likeness (QED) is 0.739. The van der Waals surface area contributed by atoms with E-state index in [-0.39, 0.29) is 0 Å². The number of H-pyrrole nitrogens is 1. The van der Waals surface area contributed by atoms with Crippen molar-refractivity contribution in [1.29, 1.82) is 0 Å². The van der Waals surface area contributed by atoms with Crippen LogP contribution in [0.4, 0.5) is 0 Å². The Morgan fingerprint density at radius 3 is 3.08 bits per heavy atom. The summed E-state index contributed by atoms with van der Waals surface area (Å²) in [6.45, 7) is 0. The SMILES string of the molecule is S=c1[nH]nc(Cl)cc1-c1ccoc1. The monoisotopic (exact) mass is 212 g/mol. The molecule has 13 heavy (non-hydrogen) atoms. The van der Waals surface area contributed by atoms with Gasteiger partial charge in [0.05, 0.1) is 12.5 Å². The average Bonchev–Trinajstić information content (AvgIpc) is 2.61. The lowest BCUT2D eigenvalue weighted by atomic mass is 10.2. The van der Waals surface area contributed by atoms with Gasteiger partial charge in [0.1, 0.15) is 9.79 Å². The zero-order valence-corrected chi connectivity index (χ0v) is 8.02. The van der Waals surface area contributed by atoms with Gasteiger partial charge in [0.15, 0.2) is 0 Å². The van der Waals surface area contributed by atoms with Gasteiger partial charge in [0.2, 0.25) is 0 Å².